The first-order valence-corrected chi connectivity index (χ1v) is 8.34. The van der Waals surface area contributed by atoms with E-state index in [2.05, 4.69) is 50.2 Å². The van der Waals surface area contributed by atoms with Crippen molar-refractivity contribution in [3.05, 3.63) is 64.7 Å². The van der Waals surface area contributed by atoms with E-state index in [-0.39, 0.29) is 5.56 Å². The molecule has 0 aliphatic heterocycles. The Morgan fingerprint density at radius 1 is 1.10 bits per heavy atom. The highest BCUT2D eigenvalue weighted by Crippen LogP contribution is 2.20. The molecule has 0 spiro atoms. The van der Waals surface area contributed by atoms with Crippen molar-refractivity contribution in [3.8, 4) is 5.69 Å². The molecular weight excluding hydrogens is 498 g/mol. The third-order valence-electron chi connectivity index (χ3n) is 2.94. The van der Waals surface area contributed by atoms with Gasteiger partial charge in [0.15, 0.2) is 4.77 Å². The van der Waals surface area contributed by atoms with Crippen LogP contribution in [-0.2, 0) is 0 Å². The number of benzene rings is 2. The normalized spacial score (nSPS) is 10.9. The van der Waals surface area contributed by atoms with Gasteiger partial charge < -0.3 is 4.98 Å². The predicted molar refractivity (Wildman–Crippen MR) is 100 cm³/mol. The molecule has 2 aromatic carbocycles. The Morgan fingerprint density at radius 3 is 2.50 bits per heavy atom. The van der Waals surface area contributed by atoms with Crippen molar-refractivity contribution in [2.45, 2.75) is 0 Å². The van der Waals surface area contributed by atoms with E-state index in [1.54, 1.807) is 0 Å². The molecule has 1 N–H and O–H groups in total. The van der Waals surface area contributed by atoms with E-state index in [1.165, 1.54) is 4.57 Å². The molecule has 0 aliphatic carbocycles. The Bertz CT molecular complexity index is 916. The zero-order chi connectivity index (χ0) is 14.3. The van der Waals surface area contributed by atoms with E-state index in [0.29, 0.717) is 10.2 Å². The number of nitrogens with zero attached hydrogens (tertiary/aromatic N) is 1. The Morgan fingerprint density at radius 2 is 1.80 bits per heavy atom. The second-order valence-electron chi connectivity index (χ2n) is 4.22. The minimum atomic E-state index is -0.0913. The Balaban J connectivity index is 2.47. The van der Waals surface area contributed by atoms with Gasteiger partial charge in [-0.25, -0.2) is 0 Å². The number of hydrogen-bond donors (Lipinski definition) is 1. The van der Waals surface area contributed by atoms with Crippen molar-refractivity contribution < 1.29 is 0 Å². The SMILES string of the molecule is O=c1c2cc(I)cc(I)c2[nH]c(=S)n1-c1ccccc1. The minimum Gasteiger partial charge on any atom is -0.330 e. The molecule has 0 saturated heterocycles. The largest absolute Gasteiger partial charge is 0.330 e. The smallest absolute Gasteiger partial charge is 0.266 e. The second-order valence-corrected chi connectivity index (χ2v) is 7.01. The van der Waals surface area contributed by atoms with E-state index >= 15 is 0 Å². The van der Waals surface area contributed by atoms with Crippen LogP contribution in [0.3, 0.4) is 0 Å². The molecule has 0 fully saturated rings. The quantitative estimate of drug-likeness (QED) is 0.396. The summed E-state index contributed by atoms with van der Waals surface area (Å²) in [5.74, 6) is 0. The molecule has 0 radical (unpaired) electrons. The van der Waals surface area contributed by atoms with E-state index < -0.39 is 0 Å². The van der Waals surface area contributed by atoms with Crippen LogP contribution in [0.1, 0.15) is 0 Å². The maximum atomic E-state index is 12.7. The molecule has 20 heavy (non-hydrogen) atoms. The predicted octanol–water partition coefficient (Wildman–Crippen LogP) is 4.26. The van der Waals surface area contributed by atoms with Crippen LogP contribution in [0.4, 0.5) is 0 Å². The van der Waals surface area contributed by atoms with Gasteiger partial charge in [0.1, 0.15) is 0 Å². The van der Waals surface area contributed by atoms with Crippen molar-refractivity contribution in [1.29, 1.82) is 0 Å². The van der Waals surface area contributed by atoms with E-state index in [9.17, 15) is 4.79 Å². The number of aromatic amines is 1. The van der Waals surface area contributed by atoms with Crippen molar-refractivity contribution in [1.82, 2.24) is 9.55 Å². The zero-order valence-corrected chi connectivity index (χ0v) is 15.2. The molecule has 0 atom stereocenters. The lowest BCUT2D eigenvalue weighted by Gasteiger charge is -2.09. The summed E-state index contributed by atoms with van der Waals surface area (Å²) >= 11 is 9.77. The van der Waals surface area contributed by atoms with Gasteiger partial charge in [0.25, 0.3) is 5.56 Å². The maximum Gasteiger partial charge on any atom is 0.266 e. The molecule has 0 saturated carbocycles. The highest BCUT2D eigenvalue weighted by atomic mass is 127. The molecule has 0 amide bonds. The Hall–Kier alpha value is -0.740. The molecule has 0 unspecified atom stereocenters. The molecule has 1 heterocycles. The molecule has 3 aromatic rings. The van der Waals surface area contributed by atoms with Crippen LogP contribution in [0.5, 0.6) is 0 Å². The highest BCUT2D eigenvalue weighted by molar-refractivity contribution is 14.1. The van der Waals surface area contributed by atoms with Crippen molar-refractivity contribution >= 4 is 68.3 Å². The average molecular weight is 506 g/mol. The molecule has 0 aliphatic rings. The summed E-state index contributed by atoms with van der Waals surface area (Å²) in [6.07, 6.45) is 0. The summed E-state index contributed by atoms with van der Waals surface area (Å²) in [7, 11) is 0. The summed E-state index contributed by atoms with van der Waals surface area (Å²) in [5, 5.41) is 0.652. The molecular formula is C14H8I2N2OS. The Labute approximate surface area is 147 Å². The first-order chi connectivity index (χ1) is 9.58. The number of fused-ring (bicyclic) bond motifs is 1. The molecule has 3 rings (SSSR count). The van der Waals surface area contributed by atoms with E-state index in [0.717, 1.165) is 18.3 Å². The lowest BCUT2D eigenvalue weighted by molar-refractivity contribution is 0.939. The van der Waals surface area contributed by atoms with Crippen LogP contribution in [0.25, 0.3) is 16.6 Å². The fourth-order valence-corrected chi connectivity index (χ4v) is 4.33. The lowest BCUT2D eigenvalue weighted by atomic mass is 10.2. The monoisotopic (exact) mass is 506 g/mol. The average Bonchev–Trinajstić information content (AvgIpc) is 2.42. The summed E-state index contributed by atoms with van der Waals surface area (Å²) < 4.78 is 3.96. The van der Waals surface area contributed by atoms with Gasteiger partial charge in [-0.2, -0.15) is 0 Å². The van der Waals surface area contributed by atoms with Crippen LogP contribution in [-0.4, -0.2) is 9.55 Å². The van der Waals surface area contributed by atoms with Crippen LogP contribution >= 0.6 is 57.4 Å². The standard InChI is InChI=1S/C14H8I2N2OS/c15-8-6-10-12(11(16)7-8)17-14(20)18(13(10)19)9-4-2-1-3-5-9/h1-7H,(H,17,20). The molecule has 0 bridgehead atoms. The first-order valence-electron chi connectivity index (χ1n) is 5.77. The van der Waals surface area contributed by atoms with Gasteiger partial charge in [-0.1, -0.05) is 18.2 Å². The summed E-state index contributed by atoms with van der Waals surface area (Å²) in [5.41, 5.74) is 1.48. The van der Waals surface area contributed by atoms with Gasteiger partial charge in [-0.15, -0.1) is 0 Å². The number of nitrogens with one attached hydrogen (secondary N) is 1. The Kier molecular flexibility index (Phi) is 3.95. The fourth-order valence-electron chi connectivity index (χ4n) is 2.06. The van der Waals surface area contributed by atoms with Gasteiger partial charge >= 0.3 is 0 Å². The van der Waals surface area contributed by atoms with Gasteiger partial charge in [-0.3, -0.25) is 9.36 Å². The maximum absolute atomic E-state index is 12.7. The number of rotatable bonds is 1. The van der Waals surface area contributed by atoms with Gasteiger partial charge in [0.05, 0.1) is 16.6 Å². The third kappa shape index (κ3) is 2.44. The van der Waals surface area contributed by atoms with Gasteiger partial charge in [-0.05, 0) is 81.7 Å². The number of hydrogen-bond acceptors (Lipinski definition) is 2. The van der Waals surface area contributed by atoms with Crippen molar-refractivity contribution in [3.63, 3.8) is 0 Å². The van der Waals surface area contributed by atoms with Crippen LogP contribution in [0, 0.1) is 11.9 Å². The third-order valence-corrected chi connectivity index (χ3v) is 4.70. The summed E-state index contributed by atoms with van der Waals surface area (Å²) in [6.45, 7) is 0. The first kappa shape index (κ1) is 14.2. The van der Waals surface area contributed by atoms with Gasteiger partial charge in [0.2, 0.25) is 0 Å². The fraction of sp³-hybridized carbons (Fsp3) is 0. The lowest BCUT2D eigenvalue weighted by Crippen LogP contribution is -2.20. The second kappa shape index (κ2) is 5.57. The molecule has 1 aromatic heterocycles. The van der Waals surface area contributed by atoms with Crippen LogP contribution < -0.4 is 5.56 Å². The number of H-pyrrole nitrogens is 1. The zero-order valence-electron chi connectivity index (χ0n) is 10.1. The number of para-hydroxylation sites is 1. The van der Waals surface area contributed by atoms with Gasteiger partial charge in [0, 0.05) is 7.14 Å². The molecule has 6 heteroatoms. The van der Waals surface area contributed by atoms with Crippen LogP contribution in [0.15, 0.2) is 47.3 Å². The van der Waals surface area contributed by atoms with Crippen molar-refractivity contribution in [2.75, 3.05) is 0 Å². The number of aromatic nitrogens is 2. The van der Waals surface area contributed by atoms with E-state index in [1.807, 2.05) is 42.5 Å². The van der Waals surface area contributed by atoms with E-state index in [4.69, 9.17) is 12.2 Å². The summed E-state index contributed by atoms with van der Waals surface area (Å²) in [6, 6.07) is 13.3. The minimum absolute atomic E-state index is 0.0913. The van der Waals surface area contributed by atoms with Crippen molar-refractivity contribution in [2.24, 2.45) is 0 Å². The highest BCUT2D eigenvalue weighted by Gasteiger charge is 2.10. The summed E-state index contributed by atoms with van der Waals surface area (Å²) in [4.78, 5) is 15.9. The van der Waals surface area contributed by atoms with Crippen LogP contribution in [0.2, 0.25) is 0 Å². The topological polar surface area (TPSA) is 37.8 Å². The molecule has 100 valence electrons. The molecule has 3 nitrogen and oxygen atoms in total. The number of halogens is 2.